The van der Waals surface area contributed by atoms with Gasteiger partial charge in [0.1, 0.15) is 6.04 Å². The van der Waals surface area contributed by atoms with Crippen LogP contribution in [0.3, 0.4) is 0 Å². The van der Waals surface area contributed by atoms with Crippen LogP contribution >= 0.6 is 11.8 Å². The summed E-state index contributed by atoms with van der Waals surface area (Å²) in [5.74, 6) is -1.49. The fraction of sp³-hybridized carbons (Fsp3) is 0.609. The number of nitrogens with zero attached hydrogens (tertiary/aromatic N) is 1. The summed E-state index contributed by atoms with van der Waals surface area (Å²) in [5.41, 5.74) is 0.789. The summed E-state index contributed by atoms with van der Waals surface area (Å²) in [5, 5.41) is 16.1. The van der Waals surface area contributed by atoms with E-state index in [1.807, 2.05) is 30.3 Å². The van der Waals surface area contributed by atoms with E-state index in [0.717, 1.165) is 31.2 Å². The fourth-order valence-electron chi connectivity index (χ4n) is 5.71. The first-order valence-corrected chi connectivity index (χ1v) is 12.0. The molecular formula is C23H31N3O4S. The van der Waals surface area contributed by atoms with Gasteiger partial charge < -0.3 is 20.6 Å². The summed E-state index contributed by atoms with van der Waals surface area (Å²) in [6, 6.07) is 8.01. The molecule has 3 aliphatic heterocycles. The average Bonchev–Trinajstić information content (AvgIpc) is 3.42. The molecule has 6 atom stereocenters. The highest BCUT2D eigenvalue weighted by Crippen LogP contribution is 2.67. The molecule has 3 amide bonds. The topological polar surface area (TPSA) is 98.7 Å². The molecule has 0 radical (unpaired) electrons. The van der Waals surface area contributed by atoms with Gasteiger partial charge in [0.05, 0.1) is 29.2 Å². The summed E-state index contributed by atoms with van der Waals surface area (Å²) in [6.45, 7) is 2.33. The Kier molecular flexibility index (Phi) is 6.30. The van der Waals surface area contributed by atoms with Crippen molar-refractivity contribution >= 4 is 29.5 Å². The van der Waals surface area contributed by atoms with E-state index in [-0.39, 0.29) is 29.6 Å². The van der Waals surface area contributed by atoms with Crippen LogP contribution in [0, 0.1) is 11.8 Å². The molecule has 0 saturated carbocycles. The normalized spacial score (nSPS) is 32.1. The minimum atomic E-state index is -0.705. The number of nitrogens with one attached hydrogen (secondary N) is 2. The molecular weight excluding hydrogens is 414 g/mol. The van der Waals surface area contributed by atoms with E-state index in [2.05, 4.69) is 17.6 Å². The number of carbonyl (C=O) groups excluding carboxylic acids is 3. The van der Waals surface area contributed by atoms with Crippen LogP contribution in [0.4, 0.5) is 0 Å². The van der Waals surface area contributed by atoms with Gasteiger partial charge in [0, 0.05) is 18.8 Å². The largest absolute Gasteiger partial charge is 0.394 e. The zero-order valence-electron chi connectivity index (χ0n) is 18.0. The van der Waals surface area contributed by atoms with Gasteiger partial charge in [-0.15, -0.1) is 11.8 Å². The highest BCUT2D eigenvalue weighted by molar-refractivity contribution is 8.02. The van der Waals surface area contributed by atoms with Crippen molar-refractivity contribution in [3.63, 3.8) is 0 Å². The van der Waals surface area contributed by atoms with Gasteiger partial charge in [-0.2, -0.15) is 0 Å². The zero-order valence-corrected chi connectivity index (χ0v) is 18.9. The van der Waals surface area contributed by atoms with Gasteiger partial charge >= 0.3 is 0 Å². The van der Waals surface area contributed by atoms with Crippen molar-refractivity contribution in [1.29, 1.82) is 0 Å². The van der Waals surface area contributed by atoms with Crippen molar-refractivity contribution in [2.75, 3.05) is 20.2 Å². The lowest BCUT2D eigenvalue weighted by Crippen LogP contribution is -2.54. The molecule has 2 bridgehead atoms. The van der Waals surface area contributed by atoms with Gasteiger partial charge in [-0.3, -0.25) is 14.4 Å². The summed E-state index contributed by atoms with van der Waals surface area (Å²) >= 11 is 1.64. The fourth-order valence-corrected chi connectivity index (χ4v) is 7.91. The maximum absolute atomic E-state index is 13.9. The highest BCUT2D eigenvalue weighted by atomic mass is 32.2. The van der Waals surface area contributed by atoms with Crippen molar-refractivity contribution < 1.29 is 19.5 Å². The van der Waals surface area contributed by atoms with E-state index in [9.17, 15) is 19.5 Å². The Hall–Kier alpha value is -2.06. The molecule has 3 N–H and O–H groups in total. The molecule has 4 rings (SSSR count). The van der Waals surface area contributed by atoms with Crippen molar-refractivity contribution in [3.05, 3.63) is 35.9 Å². The molecule has 3 heterocycles. The lowest BCUT2D eigenvalue weighted by atomic mass is 9.71. The number of hydrogen-bond donors (Lipinski definition) is 3. The summed E-state index contributed by atoms with van der Waals surface area (Å²) in [4.78, 5) is 41.7. The molecule has 0 aliphatic carbocycles. The number of carbonyl (C=O) groups is 3. The van der Waals surface area contributed by atoms with Crippen LogP contribution in [0.5, 0.6) is 0 Å². The maximum atomic E-state index is 13.9. The van der Waals surface area contributed by atoms with E-state index < -0.39 is 28.7 Å². The quantitative estimate of drug-likeness (QED) is 0.527. The standard InChI is InChI=1S/C23H31N3O4S/c1-3-4-12-25-21(29)19-23-11-10-16(31-23)17(20(28)24-2)18(23)22(30)26(19)15(13-27)14-8-6-5-7-9-14/h5-9,15-19,27H,3-4,10-13H2,1-2H3,(H,24,28)(H,25,29)/t15-,16-,17+,18+,19?,23?/m1/s1. The van der Waals surface area contributed by atoms with E-state index in [0.29, 0.717) is 6.54 Å². The van der Waals surface area contributed by atoms with Crippen molar-refractivity contribution in [3.8, 4) is 0 Å². The Morgan fingerprint density at radius 3 is 2.68 bits per heavy atom. The van der Waals surface area contributed by atoms with E-state index in [1.54, 1.807) is 23.7 Å². The third kappa shape index (κ3) is 3.44. The number of rotatable bonds is 8. The van der Waals surface area contributed by atoms with E-state index >= 15 is 0 Å². The molecule has 7 nitrogen and oxygen atoms in total. The van der Waals surface area contributed by atoms with Gasteiger partial charge in [-0.05, 0) is 24.8 Å². The molecule has 168 valence electrons. The number of hydrogen-bond acceptors (Lipinski definition) is 5. The van der Waals surface area contributed by atoms with E-state index in [1.165, 1.54) is 0 Å². The van der Waals surface area contributed by atoms with Gasteiger partial charge in [0.25, 0.3) is 0 Å². The number of thioether (sulfide) groups is 1. The molecule has 0 aromatic heterocycles. The first-order chi connectivity index (χ1) is 15.0. The molecule has 1 spiro atoms. The second-order valence-electron chi connectivity index (χ2n) is 8.67. The smallest absolute Gasteiger partial charge is 0.244 e. The molecule has 8 heteroatoms. The van der Waals surface area contributed by atoms with Gasteiger partial charge in [0.2, 0.25) is 17.7 Å². The van der Waals surface area contributed by atoms with Crippen LogP contribution in [-0.4, -0.2) is 64.0 Å². The predicted octanol–water partition coefficient (Wildman–Crippen LogP) is 1.47. The van der Waals surface area contributed by atoms with Crippen LogP contribution in [0.2, 0.25) is 0 Å². The molecule has 3 aliphatic rings. The predicted molar refractivity (Wildman–Crippen MR) is 119 cm³/mol. The minimum absolute atomic E-state index is 0.0475. The Bertz CT molecular complexity index is 850. The van der Waals surface area contributed by atoms with Crippen molar-refractivity contribution in [2.45, 2.75) is 54.7 Å². The average molecular weight is 446 g/mol. The maximum Gasteiger partial charge on any atom is 0.244 e. The van der Waals surface area contributed by atoms with Crippen LogP contribution in [0.25, 0.3) is 0 Å². The molecule has 31 heavy (non-hydrogen) atoms. The Morgan fingerprint density at radius 2 is 2.03 bits per heavy atom. The Balaban J connectivity index is 1.76. The number of amides is 3. The number of benzene rings is 1. The molecule has 1 aromatic carbocycles. The molecule has 3 saturated heterocycles. The van der Waals surface area contributed by atoms with Crippen LogP contribution in [0.1, 0.15) is 44.2 Å². The van der Waals surface area contributed by atoms with Gasteiger partial charge in [0.15, 0.2) is 0 Å². The molecule has 3 fully saturated rings. The Labute approximate surface area is 187 Å². The third-order valence-electron chi connectivity index (χ3n) is 7.06. The van der Waals surface area contributed by atoms with Gasteiger partial charge in [-0.1, -0.05) is 43.7 Å². The van der Waals surface area contributed by atoms with Crippen LogP contribution in [-0.2, 0) is 14.4 Å². The first-order valence-electron chi connectivity index (χ1n) is 11.1. The first kappa shape index (κ1) is 22.1. The molecule has 2 unspecified atom stereocenters. The summed E-state index contributed by atoms with van der Waals surface area (Å²) < 4.78 is -0.628. The number of aliphatic hydroxyl groups excluding tert-OH is 1. The third-order valence-corrected chi connectivity index (χ3v) is 9.01. The highest BCUT2D eigenvalue weighted by Gasteiger charge is 2.74. The minimum Gasteiger partial charge on any atom is -0.394 e. The lowest BCUT2D eigenvalue weighted by molar-refractivity contribution is -0.142. The lowest BCUT2D eigenvalue weighted by Gasteiger charge is -2.37. The number of fused-ring (bicyclic) bond motifs is 1. The molecule has 1 aromatic rings. The van der Waals surface area contributed by atoms with Crippen LogP contribution < -0.4 is 10.6 Å². The van der Waals surface area contributed by atoms with Gasteiger partial charge in [-0.25, -0.2) is 0 Å². The number of aliphatic hydroxyl groups is 1. The van der Waals surface area contributed by atoms with Crippen LogP contribution in [0.15, 0.2) is 30.3 Å². The second kappa shape index (κ2) is 8.82. The zero-order chi connectivity index (χ0) is 22.2. The number of likely N-dealkylation sites (tertiary alicyclic amines) is 1. The van der Waals surface area contributed by atoms with Crippen molar-refractivity contribution in [1.82, 2.24) is 15.5 Å². The summed E-state index contributed by atoms with van der Waals surface area (Å²) in [7, 11) is 1.60. The number of unbranched alkanes of at least 4 members (excludes halogenated alkanes) is 1. The Morgan fingerprint density at radius 1 is 1.29 bits per heavy atom. The second-order valence-corrected chi connectivity index (χ2v) is 10.3. The van der Waals surface area contributed by atoms with E-state index in [4.69, 9.17) is 0 Å². The summed E-state index contributed by atoms with van der Waals surface area (Å²) in [6.07, 6.45) is 3.36. The SMILES string of the molecule is CCCCNC(=O)C1N([C@H](CO)c2ccccc2)C(=O)[C@@H]2[C@@H](C(=O)NC)[C@H]3CCC12S3. The van der Waals surface area contributed by atoms with Crippen molar-refractivity contribution in [2.24, 2.45) is 11.8 Å². The monoisotopic (exact) mass is 445 g/mol.